The molecular weight excluding hydrogens is 308 g/mol. The Hall–Kier alpha value is -3.29. The van der Waals surface area contributed by atoms with Gasteiger partial charge in [0.2, 0.25) is 5.88 Å². The first-order valence-electron chi connectivity index (χ1n) is 7.27. The Kier molecular flexibility index (Phi) is 3.23. The first-order chi connectivity index (χ1) is 11.7. The third-order valence-electron chi connectivity index (χ3n) is 3.73. The van der Waals surface area contributed by atoms with Crippen LogP contribution in [0.15, 0.2) is 30.6 Å². The van der Waals surface area contributed by atoms with Crippen LogP contribution in [-0.2, 0) is 0 Å². The highest BCUT2D eigenvalue weighted by Crippen LogP contribution is 2.26. The largest absolute Gasteiger partial charge is 0.495 e. The van der Waals surface area contributed by atoms with E-state index in [-0.39, 0.29) is 0 Å². The number of fused-ring (bicyclic) bond motifs is 3. The van der Waals surface area contributed by atoms with E-state index in [1.165, 1.54) is 0 Å². The lowest BCUT2D eigenvalue weighted by molar-refractivity contribution is 0.399. The fourth-order valence-electron chi connectivity index (χ4n) is 2.57. The van der Waals surface area contributed by atoms with Crippen LogP contribution in [0, 0.1) is 6.92 Å². The third-order valence-corrected chi connectivity index (χ3v) is 3.73. The average Bonchev–Trinajstić information content (AvgIpc) is 2.98. The maximum atomic E-state index is 5.26. The zero-order valence-corrected chi connectivity index (χ0v) is 13.4. The van der Waals surface area contributed by atoms with Crippen molar-refractivity contribution in [3.63, 3.8) is 0 Å². The van der Waals surface area contributed by atoms with Gasteiger partial charge in [0, 0.05) is 17.8 Å². The fourth-order valence-corrected chi connectivity index (χ4v) is 2.57. The molecule has 0 fully saturated rings. The van der Waals surface area contributed by atoms with Gasteiger partial charge in [-0.05, 0) is 19.1 Å². The van der Waals surface area contributed by atoms with Crippen LogP contribution in [0.1, 0.15) is 5.69 Å². The molecule has 0 radical (unpaired) electrons. The number of methoxy groups -OCH3 is 2. The molecule has 0 bridgehead atoms. The van der Waals surface area contributed by atoms with Crippen molar-refractivity contribution >= 4 is 16.8 Å². The Bertz CT molecular complexity index is 1060. The molecular formula is C16H14N6O2. The maximum absolute atomic E-state index is 5.26. The summed E-state index contributed by atoms with van der Waals surface area (Å²) >= 11 is 0. The third kappa shape index (κ3) is 2.11. The predicted octanol–water partition coefficient (Wildman–Crippen LogP) is 2.06. The van der Waals surface area contributed by atoms with Gasteiger partial charge in [0.1, 0.15) is 17.1 Å². The van der Waals surface area contributed by atoms with Gasteiger partial charge in [0.25, 0.3) is 0 Å². The molecule has 0 aliphatic heterocycles. The summed E-state index contributed by atoms with van der Waals surface area (Å²) < 4.78 is 12.3. The van der Waals surface area contributed by atoms with E-state index in [0.29, 0.717) is 34.3 Å². The van der Waals surface area contributed by atoms with Gasteiger partial charge in [-0.15, -0.1) is 10.2 Å². The van der Waals surface area contributed by atoms with Crippen molar-refractivity contribution in [2.24, 2.45) is 0 Å². The molecule has 0 spiro atoms. The molecule has 0 N–H and O–H groups in total. The van der Waals surface area contributed by atoms with E-state index in [1.807, 2.05) is 23.5 Å². The number of rotatable bonds is 3. The summed E-state index contributed by atoms with van der Waals surface area (Å²) in [7, 11) is 3.18. The minimum Gasteiger partial charge on any atom is -0.495 e. The zero-order chi connectivity index (χ0) is 16.7. The van der Waals surface area contributed by atoms with Crippen molar-refractivity contribution in [1.29, 1.82) is 0 Å². The molecule has 4 aromatic rings. The van der Waals surface area contributed by atoms with Crippen LogP contribution < -0.4 is 9.47 Å². The van der Waals surface area contributed by atoms with Crippen LogP contribution in [-0.4, -0.2) is 43.8 Å². The van der Waals surface area contributed by atoms with Crippen molar-refractivity contribution in [3.8, 4) is 23.0 Å². The van der Waals surface area contributed by atoms with E-state index < -0.39 is 0 Å². The molecule has 0 aromatic carbocycles. The first-order valence-corrected chi connectivity index (χ1v) is 7.27. The Labute approximate surface area is 137 Å². The number of ether oxygens (including phenoxy) is 2. The van der Waals surface area contributed by atoms with Gasteiger partial charge >= 0.3 is 0 Å². The highest BCUT2D eigenvalue weighted by Gasteiger charge is 2.17. The van der Waals surface area contributed by atoms with Crippen LogP contribution in [0.3, 0.4) is 0 Å². The summed E-state index contributed by atoms with van der Waals surface area (Å²) in [4.78, 5) is 13.3. The van der Waals surface area contributed by atoms with Crippen molar-refractivity contribution in [3.05, 3.63) is 36.3 Å². The summed E-state index contributed by atoms with van der Waals surface area (Å²) in [6.45, 7) is 1.88. The van der Waals surface area contributed by atoms with E-state index in [9.17, 15) is 0 Å². The molecule has 0 amide bonds. The summed E-state index contributed by atoms with van der Waals surface area (Å²) in [5, 5.41) is 8.49. The number of aromatic nitrogens is 6. The average molecular weight is 322 g/mol. The minimum atomic E-state index is 0.498. The van der Waals surface area contributed by atoms with E-state index in [2.05, 4.69) is 25.1 Å². The molecule has 4 heterocycles. The van der Waals surface area contributed by atoms with Crippen molar-refractivity contribution in [2.45, 2.75) is 6.92 Å². The van der Waals surface area contributed by atoms with Gasteiger partial charge < -0.3 is 9.47 Å². The number of pyridine rings is 2. The van der Waals surface area contributed by atoms with Gasteiger partial charge in [-0.2, -0.15) is 4.98 Å². The van der Waals surface area contributed by atoms with Crippen LogP contribution >= 0.6 is 0 Å². The first kappa shape index (κ1) is 14.3. The smallest absolute Gasteiger partial charge is 0.215 e. The Morgan fingerprint density at radius 1 is 0.958 bits per heavy atom. The lowest BCUT2D eigenvalue weighted by Gasteiger charge is -2.06. The number of aryl methyl sites for hydroxylation is 1. The van der Waals surface area contributed by atoms with Crippen LogP contribution in [0.5, 0.6) is 11.6 Å². The van der Waals surface area contributed by atoms with Crippen molar-refractivity contribution < 1.29 is 9.47 Å². The second-order valence-corrected chi connectivity index (χ2v) is 5.19. The molecule has 4 aromatic heterocycles. The zero-order valence-electron chi connectivity index (χ0n) is 13.4. The molecule has 0 aliphatic carbocycles. The van der Waals surface area contributed by atoms with Crippen LogP contribution in [0.4, 0.5) is 0 Å². The number of imidazole rings is 1. The molecule has 24 heavy (non-hydrogen) atoms. The molecule has 0 aliphatic rings. The van der Waals surface area contributed by atoms with Crippen molar-refractivity contribution in [2.75, 3.05) is 14.2 Å². The van der Waals surface area contributed by atoms with Crippen molar-refractivity contribution in [1.82, 2.24) is 29.5 Å². The Morgan fingerprint density at radius 3 is 2.62 bits per heavy atom. The SMILES string of the molecule is COc1cncc(-c2nc(C)c3nnc4ccc(OC)nc4n23)c1. The van der Waals surface area contributed by atoms with E-state index in [0.717, 1.165) is 11.3 Å². The highest BCUT2D eigenvalue weighted by atomic mass is 16.5. The van der Waals surface area contributed by atoms with Crippen LogP contribution in [0.25, 0.3) is 28.2 Å². The summed E-state index contributed by atoms with van der Waals surface area (Å²) in [6, 6.07) is 5.43. The lowest BCUT2D eigenvalue weighted by Crippen LogP contribution is -2.01. The van der Waals surface area contributed by atoms with Crippen LogP contribution in [0.2, 0.25) is 0 Å². The standard InChI is InChI=1S/C16H14N6O2/c1-9-14-21-20-12-4-5-13(24-3)19-16(12)22(14)15(18-9)10-6-11(23-2)8-17-7-10/h4-8H,1-3H3. The molecule has 8 nitrogen and oxygen atoms in total. The molecule has 0 unspecified atom stereocenters. The highest BCUT2D eigenvalue weighted by molar-refractivity contribution is 5.77. The van der Waals surface area contributed by atoms with Gasteiger partial charge in [-0.25, -0.2) is 4.98 Å². The Morgan fingerprint density at radius 2 is 1.83 bits per heavy atom. The van der Waals surface area contributed by atoms with Gasteiger partial charge in [0.15, 0.2) is 11.3 Å². The second kappa shape index (κ2) is 5.41. The number of nitrogens with zero attached hydrogens (tertiary/aromatic N) is 6. The maximum Gasteiger partial charge on any atom is 0.215 e. The summed E-state index contributed by atoms with van der Waals surface area (Å²) in [6.07, 6.45) is 3.37. The number of hydrogen-bond acceptors (Lipinski definition) is 7. The van der Waals surface area contributed by atoms with E-state index in [4.69, 9.17) is 9.47 Å². The topological polar surface area (TPSA) is 87.3 Å². The van der Waals surface area contributed by atoms with Gasteiger partial charge in [-0.1, -0.05) is 0 Å². The molecule has 0 atom stereocenters. The monoisotopic (exact) mass is 322 g/mol. The van der Waals surface area contributed by atoms with E-state index >= 15 is 0 Å². The normalized spacial score (nSPS) is 11.1. The Balaban J connectivity index is 2.09. The predicted molar refractivity (Wildman–Crippen MR) is 87.2 cm³/mol. The number of hydrogen-bond donors (Lipinski definition) is 0. The fraction of sp³-hybridized carbons (Fsp3) is 0.188. The van der Waals surface area contributed by atoms with E-state index in [1.54, 1.807) is 32.7 Å². The summed E-state index contributed by atoms with van der Waals surface area (Å²) in [5.74, 6) is 1.83. The molecule has 8 heteroatoms. The minimum absolute atomic E-state index is 0.498. The molecule has 0 saturated heterocycles. The second-order valence-electron chi connectivity index (χ2n) is 5.19. The lowest BCUT2D eigenvalue weighted by atomic mass is 10.2. The quantitative estimate of drug-likeness (QED) is 0.570. The van der Waals surface area contributed by atoms with Gasteiger partial charge in [-0.3, -0.25) is 9.38 Å². The molecule has 0 saturated carbocycles. The molecule has 4 rings (SSSR count). The summed E-state index contributed by atoms with van der Waals surface area (Å²) in [5.41, 5.74) is 3.47. The molecule has 120 valence electrons. The van der Waals surface area contributed by atoms with Gasteiger partial charge in [0.05, 0.1) is 26.1 Å².